The highest BCUT2D eigenvalue weighted by molar-refractivity contribution is 9.10. The minimum atomic E-state index is -1.12. The lowest BCUT2D eigenvalue weighted by Gasteiger charge is -2.09. The van der Waals surface area contributed by atoms with Gasteiger partial charge in [0.2, 0.25) is 0 Å². The van der Waals surface area contributed by atoms with Crippen LogP contribution in [-0.4, -0.2) is 16.1 Å². The lowest BCUT2D eigenvalue weighted by molar-refractivity contribution is 0.0697. The molecule has 1 aromatic carbocycles. The van der Waals surface area contributed by atoms with Crippen LogP contribution in [0.5, 0.6) is 0 Å². The van der Waals surface area contributed by atoms with E-state index in [-0.39, 0.29) is 17.1 Å². The summed E-state index contributed by atoms with van der Waals surface area (Å²) in [5.41, 5.74) is 0.141. The minimum Gasteiger partial charge on any atom is -0.478 e. The van der Waals surface area contributed by atoms with Gasteiger partial charge in [-0.15, -0.1) is 0 Å². The summed E-state index contributed by atoms with van der Waals surface area (Å²) >= 11 is 3.21. The van der Waals surface area contributed by atoms with Crippen molar-refractivity contribution in [3.8, 4) is 0 Å². The van der Waals surface area contributed by atoms with E-state index in [4.69, 9.17) is 5.11 Å². The molecular formula is C12H8BrFN2O2. The number of benzene rings is 1. The number of pyridine rings is 1. The second kappa shape index (κ2) is 5.14. The molecule has 0 aliphatic rings. The molecule has 2 aromatic rings. The van der Waals surface area contributed by atoms with E-state index in [0.717, 1.165) is 0 Å². The topological polar surface area (TPSA) is 62.2 Å². The Kier molecular flexibility index (Phi) is 3.57. The normalized spacial score (nSPS) is 10.1. The zero-order valence-corrected chi connectivity index (χ0v) is 10.6. The molecule has 4 nitrogen and oxygen atoms in total. The molecule has 0 spiro atoms. The monoisotopic (exact) mass is 310 g/mol. The van der Waals surface area contributed by atoms with E-state index in [9.17, 15) is 9.18 Å². The predicted octanol–water partition coefficient (Wildman–Crippen LogP) is 3.43. The molecule has 6 heteroatoms. The molecule has 0 fully saturated rings. The van der Waals surface area contributed by atoms with E-state index in [1.807, 2.05) is 0 Å². The molecule has 0 aliphatic carbocycles. The van der Waals surface area contributed by atoms with E-state index < -0.39 is 11.8 Å². The van der Waals surface area contributed by atoms with Crippen LogP contribution >= 0.6 is 15.9 Å². The van der Waals surface area contributed by atoms with Gasteiger partial charge in [-0.25, -0.2) is 14.2 Å². The van der Waals surface area contributed by atoms with Gasteiger partial charge in [-0.1, -0.05) is 15.9 Å². The first-order valence-electron chi connectivity index (χ1n) is 4.98. The number of halogens is 2. The number of carboxylic acid groups (broad SMARTS) is 1. The number of aromatic nitrogens is 1. The quantitative estimate of drug-likeness (QED) is 0.911. The number of nitrogens with one attached hydrogen (secondary N) is 1. The first-order chi connectivity index (χ1) is 8.58. The molecule has 0 unspecified atom stereocenters. The number of carbonyl (C=O) groups is 1. The van der Waals surface area contributed by atoms with E-state index in [1.54, 1.807) is 6.07 Å². The molecule has 0 amide bonds. The Labute approximate surface area is 111 Å². The first-order valence-corrected chi connectivity index (χ1v) is 5.77. The predicted molar refractivity (Wildman–Crippen MR) is 68.6 cm³/mol. The van der Waals surface area contributed by atoms with Crippen molar-refractivity contribution in [3.63, 3.8) is 0 Å². The second-order valence-corrected chi connectivity index (χ2v) is 4.37. The molecule has 0 atom stereocenters. The molecule has 2 N–H and O–H groups in total. The van der Waals surface area contributed by atoms with E-state index in [2.05, 4.69) is 26.2 Å². The third-order valence-corrected chi connectivity index (χ3v) is 2.71. The van der Waals surface area contributed by atoms with Crippen molar-refractivity contribution in [1.29, 1.82) is 0 Å². The van der Waals surface area contributed by atoms with Crippen LogP contribution in [0.3, 0.4) is 0 Å². The van der Waals surface area contributed by atoms with Crippen molar-refractivity contribution in [2.45, 2.75) is 0 Å². The molecule has 0 aliphatic heterocycles. The van der Waals surface area contributed by atoms with Crippen LogP contribution in [0.25, 0.3) is 0 Å². The SMILES string of the molecule is O=C(O)c1cccnc1Nc1cc(Br)ccc1F. The van der Waals surface area contributed by atoms with E-state index >= 15 is 0 Å². The van der Waals surface area contributed by atoms with Gasteiger partial charge in [0, 0.05) is 10.7 Å². The molecule has 2 rings (SSSR count). The van der Waals surface area contributed by atoms with Gasteiger partial charge >= 0.3 is 5.97 Å². The number of anilines is 2. The fourth-order valence-electron chi connectivity index (χ4n) is 1.40. The Bertz CT molecular complexity index is 604. The van der Waals surface area contributed by atoms with Crippen LogP contribution in [0.15, 0.2) is 41.0 Å². The lowest BCUT2D eigenvalue weighted by Crippen LogP contribution is -2.05. The zero-order valence-electron chi connectivity index (χ0n) is 9.02. The number of nitrogens with zero attached hydrogens (tertiary/aromatic N) is 1. The highest BCUT2D eigenvalue weighted by atomic mass is 79.9. The molecule has 92 valence electrons. The van der Waals surface area contributed by atoms with Crippen LogP contribution in [0.4, 0.5) is 15.9 Å². The van der Waals surface area contributed by atoms with Crippen molar-refractivity contribution in [1.82, 2.24) is 4.98 Å². The Morgan fingerprint density at radius 3 is 2.89 bits per heavy atom. The number of aromatic carboxylic acids is 1. The maximum atomic E-state index is 13.5. The van der Waals surface area contributed by atoms with Crippen LogP contribution in [0.2, 0.25) is 0 Å². The van der Waals surface area contributed by atoms with E-state index in [0.29, 0.717) is 4.47 Å². The Balaban J connectivity index is 2.40. The first kappa shape index (κ1) is 12.5. The molecule has 0 radical (unpaired) electrons. The molecule has 0 bridgehead atoms. The van der Waals surface area contributed by atoms with Crippen LogP contribution < -0.4 is 5.32 Å². The van der Waals surface area contributed by atoms with Crippen LogP contribution in [-0.2, 0) is 0 Å². The van der Waals surface area contributed by atoms with Gasteiger partial charge in [-0.05, 0) is 30.3 Å². The van der Waals surface area contributed by atoms with Crippen molar-refractivity contribution < 1.29 is 14.3 Å². The van der Waals surface area contributed by atoms with Gasteiger partial charge in [0.05, 0.1) is 5.69 Å². The Morgan fingerprint density at radius 1 is 1.39 bits per heavy atom. The number of carboxylic acids is 1. The highest BCUT2D eigenvalue weighted by Gasteiger charge is 2.12. The molecule has 1 aromatic heterocycles. The van der Waals surface area contributed by atoms with E-state index in [1.165, 1.54) is 30.5 Å². The maximum Gasteiger partial charge on any atom is 0.339 e. The lowest BCUT2D eigenvalue weighted by atomic mass is 10.2. The van der Waals surface area contributed by atoms with Crippen molar-refractivity contribution in [2.24, 2.45) is 0 Å². The number of hydrogen-bond donors (Lipinski definition) is 2. The summed E-state index contributed by atoms with van der Waals surface area (Å²) in [6.45, 7) is 0. The summed E-state index contributed by atoms with van der Waals surface area (Å²) in [6, 6.07) is 7.24. The van der Waals surface area contributed by atoms with Gasteiger partial charge in [-0.2, -0.15) is 0 Å². The standard InChI is InChI=1S/C12H8BrFN2O2/c13-7-3-4-9(14)10(6-7)16-11-8(12(17)18)2-1-5-15-11/h1-6H,(H,15,16)(H,17,18). The summed E-state index contributed by atoms with van der Waals surface area (Å²) in [5.74, 6) is -1.51. The third-order valence-electron chi connectivity index (χ3n) is 2.22. The number of hydrogen-bond acceptors (Lipinski definition) is 3. The Morgan fingerprint density at radius 2 is 2.17 bits per heavy atom. The summed E-state index contributed by atoms with van der Waals surface area (Å²) < 4.78 is 14.2. The van der Waals surface area contributed by atoms with Crippen LogP contribution in [0.1, 0.15) is 10.4 Å². The minimum absolute atomic E-state index is 0.0168. The second-order valence-electron chi connectivity index (χ2n) is 3.45. The van der Waals surface area contributed by atoms with Crippen molar-refractivity contribution >= 4 is 33.4 Å². The maximum absolute atomic E-state index is 13.5. The van der Waals surface area contributed by atoms with Crippen LogP contribution in [0, 0.1) is 5.82 Å². The molecule has 18 heavy (non-hydrogen) atoms. The average molecular weight is 311 g/mol. The largest absolute Gasteiger partial charge is 0.478 e. The van der Waals surface area contributed by atoms with Gasteiger partial charge in [0.1, 0.15) is 17.2 Å². The summed E-state index contributed by atoms with van der Waals surface area (Å²) in [4.78, 5) is 14.9. The molecule has 1 heterocycles. The fraction of sp³-hybridized carbons (Fsp3) is 0. The van der Waals surface area contributed by atoms with Crippen molar-refractivity contribution in [3.05, 3.63) is 52.4 Å². The molecular weight excluding hydrogens is 303 g/mol. The number of rotatable bonds is 3. The summed E-state index contributed by atoms with van der Waals surface area (Å²) in [6.07, 6.45) is 1.44. The third kappa shape index (κ3) is 2.65. The highest BCUT2D eigenvalue weighted by Crippen LogP contribution is 2.24. The van der Waals surface area contributed by atoms with Crippen molar-refractivity contribution in [2.75, 3.05) is 5.32 Å². The summed E-state index contributed by atoms with van der Waals surface area (Å²) in [7, 11) is 0. The van der Waals surface area contributed by atoms with Gasteiger partial charge in [0.15, 0.2) is 0 Å². The molecule has 0 saturated heterocycles. The fourth-order valence-corrected chi connectivity index (χ4v) is 1.76. The summed E-state index contributed by atoms with van der Waals surface area (Å²) in [5, 5.41) is 11.7. The molecule has 0 saturated carbocycles. The zero-order chi connectivity index (χ0) is 13.1. The smallest absolute Gasteiger partial charge is 0.339 e. The average Bonchev–Trinajstić information content (AvgIpc) is 2.34. The van der Waals surface area contributed by atoms with Gasteiger partial charge < -0.3 is 10.4 Å². The van der Waals surface area contributed by atoms with Gasteiger partial charge in [0.25, 0.3) is 0 Å². The Hall–Kier alpha value is -1.95. The van der Waals surface area contributed by atoms with Gasteiger partial charge in [-0.3, -0.25) is 0 Å².